The van der Waals surface area contributed by atoms with Crippen molar-refractivity contribution in [1.29, 1.82) is 0 Å². The molecule has 4 aromatic carbocycles. The van der Waals surface area contributed by atoms with Crippen LogP contribution in [0.4, 0.5) is 17.6 Å². The van der Waals surface area contributed by atoms with E-state index in [1.807, 2.05) is 77.9 Å². The summed E-state index contributed by atoms with van der Waals surface area (Å²) in [7, 11) is 0. The molecule has 12 aromatic rings. The Morgan fingerprint density at radius 2 is 0.810 bits per heavy atom. The summed E-state index contributed by atoms with van der Waals surface area (Å²) in [5, 5.41) is 19.7. The third-order valence-corrected chi connectivity index (χ3v) is 14.9. The first-order valence-electron chi connectivity index (χ1n) is 29.7. The summed E-state index contributed by atoms with van der Waals surface area (Å²) in [6, 6.07) is 27.7. The Kier molecular flexibility index (Phi) is 22.8. The number of primary amides is 4. The molecule has 8 aromatic heterocycles. The number of thiazole rings is 1. The summed E-state index contributed by atoms with van der Waals surface area (Å²) in [5.74, 6) is -1.51. The number of nitrogens with zero attached hydrogens (tertiary/aromatic N) is 17. The van der Waals surface area contributed by atoms with Crippen molar-refractivity contribution in [3.05, 3.63) is 242 Å². The standard InChI is InChI=1S/C18H16ClN5O.C18H16FN5O.C17H16N6O.C16H12F3N5OS/c1-11-5-12(2)7-14(6-11)18-22-10-24(23-18)9-15(17(20)25)13-3-4-16(19)21-8-13;1-11-5-12(2)7-14(6-11)18-22-10-24(23-18)9-15(17(20)25)13-3-4-21-16(19)8-13;1-11-3-12(2)5-13(4-11)17-21-10-23(22-17)8-15(16(18)24)14-6-19-9-20-7-14;1-9-4-10(6-11(5-9)16(17,18)19)14-22-8-24(23-14)7-12(13(20)25)15-21-2-3-26-15/h2*3-10H,1-2H3,(H2,20,25);3-10H,1-2H3,(H2,18,24);2-8H,1H3,(H2,20,25)/b2*15-9-;15-8-;12-7-. The number of alkyl halides is 3. The van der Waals surface area contributed by atoms with E-state index in [2.05, 4.69) is 83.4 Å². The fourth-order valence-corrected chi connectivity index (χ4v) is 10.5. The smallest absolute Gasteiger partial charge is 0.366 e. The number of rotatable bonds is 16. The normalized spacial score (nSPS) is 11.8. The second-order valence-electron chi connectivity index (χ2n) is 22.2. The average Bonchev–Trinajstić information content (AvgIpc) is 1.67. The van der Waals surface area contributed by atoms with Crippen LogP contribution in [0.3, 0.4) is 0 Å². The fraction of sp³-hybridized carbons (Fsp3) is 0.116. The summed E-state index contributed by atoms with van der Waals surface area (Å²) in [6.07, 6.45) is 15.8. The van der Waals surface area contributed by atoms with E-state index in [0.29, 0.717) is 49.9 Å². The molecule has 0 aliphatic rings. The molecule has 12 rings (SSSR count). The third-order valence-electron chi connectivity index (χ3n) is 13.9. The van der Waals surface area contributed by atoms with Gasteiger partial charge >= 0.3 is 6.18 Å². The average molecular weight is 1390 g/mol. The summed E-state index contributed by atoms with van der Waals surface area (Å²) >= 11 is 7.00. The number of pyridine rings is 2. The Morgan fingerprint density at radius 1 is 0.430 bits per heavy atom. The van der Waals surface area contributed by atoms with Crippen molar-refractivity contribution in [1.82, 2.24) is 84.0 Å². The lowest BCUT2D eigenvalue weighted by molar-refractivity contribution is -0.137. The van der Waals surface area contributed by atoms with Gasteiger partial charge in [0, 0.05) is 101 Å². The molecule has 0 aliphatic heterocycles. The summed E-state index contributed by atoms with van der Waals surface area (Å²) in [6.45, 7) is 13.6. The molecule has 0 spiro atoms. The molecule has 100 heavy (non-hydrogen) atoms. The Balaban J connectivity index is 0.000000156. The van der Waals surface area contributed by atoms with Gasteiger partial charge in [-0.3, -0.25) is 19.2 Å². The van der Waals surface area contributed by atoms with Gasteiger partial charge in [-0.25, -0.2) is 63.6 Å². The van der Waals surface area contributed by atoms with Gasteiger partial charge in [-0.15, -0.1) is 31.7 Å². The number of carbonyl (C=O) groups is 4. The van der Waals surface area contributed by atoms with Crippen LogP contribution in [0.5, 0.6) is 0 Å². The van der Waals surface area contributed by atoms with Crippen LogP contribution in [0.25, 0.3) is 92.6 Å². The summed E-state index contributed by atoms with van der Waals surface area (Å²) < 4.78 is 57.7. The maximum Gasteiger partial charge on any atom is 0.416 e. The lowest BCUT2D eigenvalue weighted by Gasteiger charge is -2.09. The van der Waals surface area contributed by atoms with Crippen LogP contribution in [-0.4, -0.2) is 108 Å². The molecule has 31 heteroatoms. The molecule has 0 bridgehead atoms. The Hall–Kier alpha value is -12.7. The van der Waals surface area contributed by atoms with E-state index >= 15 is 0 Å². The fourth-order valence-electron chi connectivity index (χ4n) is 9.76. The first-order chi connectivity index (χ1) is 47.6. The molecule has 0 unspecified atom stereocenters. The number of nitrogens with two attached hydrogens (primary N) is 4. The minimum atomic E-state index is -4.47. The molecule has 8 heterocycles. The number of carbonyl (C=O) groups excluding carboxylic acids is 4. The zero-order valence-corrected chi connectivity index (χ0v) is 55.8. The van der Waals surface area contributed by atoms with Gasteiger partial charge in [0.1, 0.15) is 41.8 Å². The molecule has 0 fully saturated rings. The molecule has 0 saturated carbocycles. The molecular formula is C69H60ClF4N21O4S. The lowest BCUT2D eigenvalue weighted by Crippen LogP contribution is -2.14. The van der Waals surface area contributed by atoms with E-state index < -0.39 is 41.3 Å². The van der Waals surface area contributed by atoms with Crippen LogP contribution >= 0.6 is 22.9 Å². The first kappa shape index (κ1) is 71.6. The van der Waals surface area contributed by atoms with Gasteiger partial charge in [-0.05, 0) is 132 Å². The maximum absolute atomic E-state index is 13.3. The van der Waals surface area contributed by atoms with Crippen molar-refractivity contribution in [2.24, 2.45) is 22.9 Å². The van der Waals surface area contributed by atoms with Gasteiger partial charge in [0.25, 0.3) is 23.6 Å². The highest BCUT2D eigenvalue weighted by Gasteiger charge is 2.31. The summed E-state index contributed by atoms with van der Waals surface area (Å²) in [4.78, 5) is 83.0. The summed E-state index contributed by atoms with van der Waals surface area (Å²) in [5.41, 5.74) is 33.2. The van der Waals surface area contributed by atoms with E-state index in [-0.39, 0.29) is 33.7 Å². The van der Waals surface area contributed by atoms with Gasteiger partial charge in [0.05, 0.1) is 27.9 Å². The number of halogens is 5. The topological polar surface area (TPSA) is 360 Å². The molecule has 0 aliphatic carbocycles. The third kappa shape index (κ3) is 19.5. The molecule has 25 nitrogen and oxygen atoms in total. The molecule has 4 amide bonds. The van der Waals surface area contributed by atoms with Crippen LogP contribution in [0.15, 0.2) is 165 Å². The first-order valence-corrected chi connectivity index (χ1v) is 30.9. The van der Waals surface area contributed by atoms with Gasteiger partial charge in [0.2, 0.25) is 5.95 Å². The van der Waals surface area contributed by atoms with Crippen molar-refractivity contribution in [2.45, 2.75) is 54.6 Å². The van der Waals surface area contributed by atoms with E-state index in [1.165, 1.54) is 124 Å². The predicted molar refractivity (Wildman–Crippen MR) is 371 cm³/mol. The molecular weight excluding hydrogens is 1330 g/mol. The highest BCUT2D eigenvalue weighted by Crippen LogP contribution is 2.33. The number of hydrogen-bond donors (Lipinski definition) is 4. The predicted octanol–water partition coefficient (Wildman–Crippen LogP) is 10.7. The molecule has 0 saturated heterocycles. The quantitative estimate of drug-likeness (QED) is 0.0397. The molecule has 8 N–H and O–H groups in total. The second kappa shape index (κ2) is 31.9. The van der Waals surface area contributed by atoms with Gasteiger partial charge in [-0.1, -0.05) is 63.2 Å². The number of benzene rings is 4. The minimum Gasteiger partial charge on any atom is -0.366 e. The van der Waals surface area contributed by atoms with Crippen molar-refractivity contribution >= 4 is 93.7 Å². The number of hydrogen-bond acceptors (Lipinski definition) is 18. The molecule has 0 atom stereocenters. The zero-order chi connectivity index (χ0) is 71.9. The van der Waals surface area contributed by atoms with E-state index in [0.717, 1.165) is 68.3 Å². The number of aromatic nitrogens is 17. The van der Waals surface area contributed by atoms with Gasteiger partial charge in [-0.2, -0.15) is 17.6 Å². The monoisotopic (exact) mass is 1390 g/mol. The Bertz CT molecular complexity index is 5040. The SMILES string of the molecule is Cc1cc(-c2ncn(/C=C(/C(N)=O)c3nccs3)n2)cc(C(F)(F)F)c1.Cc1cc(C)cc(-c2ncn(/C=C(\C(N)=O)c3ccc(Cl)nc3)n2)c1.Cc1cc(C)cc(-c2ncn(/C=C(\C(N)=O)c3ccnc(F)c3)n2)c1.Cc1cc(C)cc(-c2ncn(/C=C(\C(N)=O)c3cncnc3)n2)c1. The van der Waals surface area contributed by atoms with Crippen LogP contribution in [0, 0.1) is 54.4 Å². The van der Waals surface area contributed by atoms with Crippen molar-refractivity contribution in [3.8, 4) is 45.6 Å². The maximum atomic E-state index is 13.3. The largest absolute Gasteiger partial charge is 0.416 e. The highest BCUT2D eigenvalue weighted by atomic mass is 35.5. The van der Waals surface area contributed by atoms with E-state index in [1.54, 1.807) is 30.5 Å². The molecule has 0 radical (unpaired) electrons. The lowest BCUT2D eigenvalue weighted by atomic mass is 10.1. The highest BCUT2D eigenvalue weighted by molar-refractivity contribution is 7.11. The number of aryl methyl sites for hydroxylation is 7. The molecule has 506 valence electrons. The minimum absolute atomic E-state index is 0.0957. The van der Waals surface area contributed by atoms with Gasteiger partial charge in [0.15, 0.2) is 23.3 Å². The van der Waals surface area contributed by atoms with Crippen molar-refractivity contribution in [3.63, 3.8) is 0 Å². The zero-order valence-electron chi connectivity index (χ0n) is 54.2. The van der Waals surface area contributed by atoms with E-state index in [9.17, 15) is 36.7 Å². The van der Waals surface area contributed by atoms with Crippen LogP contribution in [-0.2, 0) is 25.4 Å². The Morgan fingerprint density at radius 3 is 1.17 bits per heavy atom. The van der Waals surface area contributed by atoms with Crippen LogP contribution in [0.2, 0.25) is 5.15 Å². The van der Waals surface area contributed by atoms with Crippen molar-refractivity contribution in [2.75, 3.05) is 0 Å². The van der Waals surface area contributed by atoms with Crippen LogP contribution in [0.1, 0.15) is 66.2 Å². The van der Waals surface area contributed by atoms with Crippen molar-refractivity contribution < 1.29 is 36.7 Å². The van der Waals surface area contributed by atoms with Gasteiger partial charge < -0.3 is 22.9 Å². The number of amides is 4. The van der Waals surface area contributed by atoms with Crippen LogP contribution < -0.4 is 22.9 Å². The Labute approximate surface area is 577 Å². The van der Waals surface area contributed by atoms with E-state index in [4.69, 9.17) is 34.5 Å². The second-order valence-corrected chi connectivity index (χ2v) is 23.5.